The van der Waals surface area contributed by atoms with Crippen LogP contribution in [0, 0.1) is 23.2 Å². The van der Waals surface area contributed by atoms with Gasteiger partial charge in [0, 0.05) is 23.1 Å². The smallest absolute Gasteiger partial charge is 0.177 e. The molecule has 3 saturated carbocycles. The van der Waals surface area contributed by atoms with Gasteiger partial charge in [-0.15, -0.1) is 5.10 Å². The van der Waals surface area contributed by atoms with Crippen LogP contribution in [0.15, 0.2) is 18.5 Å². The number of ether oxygens (including phenoxy) is 3. The number of pyridine rings is 1. The van der Waals surface area contributed by atoms with Crippen LogP contribution in [0.5, 0.6) is 5.75 Å². The van der Waals surface area contributed by atoms with Crippen molar-refractivity contribution >= 4 is 0 Å². The van der Waals surface area contributed by atoms with E-state index in [4.69, 9.17) is 14.2 Å². The summed E-state index contributed by atoms with van der Waals surface area (Å²) < 4.78 is 19.6. The van der Waals surface area contributed by atoms with Crippen molar-refractivity contribution in [1.29, 1.82) is 0 Å². The lowest BCUT2D eigenvalue weighted by atomic mass is 10.1. The SMILES string of the molecule is C(#CC1CC1)c1cnc(-c2cn(CC3OCC4(CC4)CO3)nn2)c(OC2CC2)c1. The molecule has 6 rings (SSSR count). The maximum atomic E-state index is 6.11. The molecule has 0 bridgehead atoms. The molecule has 4 fully saturated rings. The highest BCUT2D eigenvalue weighted by Gasteiger charge is 2.47. The second kappa shape index (κ2) is 6.82. The number of rotatable bonds is 5. The minimum absolute atomic E-state index is 0.272. The Morgan fingerprint density at radius 1 is 1.17 bits per heavy atom. The monoisotopic (exact) mass is 392 g/mol. The molecule has 0 N–H and O–H groups in total. The fraction of sp³-hybridized carbons (Fsp3) is 0.591. The number of aromatic nitrogens is 4. The van der Waals surface area contributed by atoms with Gasteiger partial charge in [-0.2, -0.15) is 0 Å². The molecule has 3 heterocycles. The first-order valence-electron chi connectivity index (χ1n) is 10.6. The zero-order chi connectivity index (χ0) is 19.3. The Labute approximate surface area is 169 Å². The highest BCUT2D eigenvalue weighted by molar-refractivity contribution is 5.63. The lowest BCUT2D eigenvalue weighted by Crippen LogP contribution is -2.36. The van der Waals surface area contributed by atoms with Gasteiger partial charge in [0.05, 0.1) is 32.1 Å². The predicted octanol–water partition coefficient (Wildman–Crippen LogP) is 2.80. The molecule has 1 aliphatic heterocycles. The van der Waals surface area contributed by atoms with E-state index in [1.54, 1.807) is 10.9 Å². The van der Waals surface area contributed by atoms with Crippen molar-refractivity contribution in [2.45, 2.75) is 57.5 Å². The Morgan fingerprint density at radius 3 is 2.72 bits per heavy atom. The van der Waals surface area contributed by atoms with Crippen molar-refractivity contribution in [3.63, 3.8) is 0 Å². The van der Waals surface area contributed by atoms with Crippen LogP contribution in [0.25, 0.3) is 11.4 Å². The molecule has 3 aliphatic carbocycles. The minimum Gasteiger partial charge on any atom is -0.488 e. The molecule has 2 aromatic rings. The van der Waals surface area contributed by atoms with Gasteiger partial charge in [-0.25, -0.2) is 9.67 Å². The molecule has 4 aliphatic rings. The van der Waals surface area contributed by atoms with E-state index >= 15 is 0 Å². The van der Waals surface area contributed by atoms with Crippen molar-refractivity contribution in [1.82, 2.24) is 20.0 Å². The van der Waals surface area contributed by atoms with Crippen LogP contribution in [0.3, 0.4) is 0 Å². The van der Waals surface area contributed by atoms with E-state index < -0.39 is 0 Å². The quantitative estimate of drug-likeness (QED) is 0.729. The fourth-order valence-corrected chi connectivity index (χ4v) is 3.42. The maximum Gasteiger partial charge on any atom is 0.177 e. The van der Waals surface area contributed by atoms with Crippen LogP contribution < -0.4 is 4.74 Å². The van der Waals surface area contributed by atoms with Crippen molar-refractivity contribution in [3.05, 3.63) is 24.0 Å². The lowest BCUT2D eigenvalue weighted by Gasteiger charge is -2.29. The average molecular weight is 392 g/mol. The number of hydrogen-bond donors (Lipinski definition) is 0. The van der Waals surface area contributed by atoms with Crippen LogP contribution in [-0.2, 0) is 16.0 Å². The van der Waals surface area contributed by atoms with Crippen molar-refractivity contribution in [2.24, 2.45) is 11.3 Å². The van der Waals surface area contributed by atoms with Crippen LogP contribution >= 0.6 is 0 Å². The average Bonchev–Trinajstić information content (AvgIpc) is 3.62. The summed E-state index contributed by atoms with van der Waals surface area (Å²) in [5.41, 5.74) is 2.59. The summed E-state index contributed by atoms with van der Waals surface area (Å²) in [6.45, 7) is 2.08. The molecule has 7 nitrogen and oxygen atoms in total. The molecule has 150 valence electrons. The zero-order valence-corrected chi connectivity index (χ0v) is 16.3. The standard InChI is InChI=1S/C22H24N4O3/c1-2-15(1)3-4-16-9-19(29-17-5-6-17)21(23-10-16)18-11-26(25-24-18)12-20-27-13-22(7-8-22)14-28-20/h9-11,15,17,20H,1-2,5-8,12-14H2. The van der Waals surface area contributed by atoms with E-state index in [0.29, 0.717) is 29.3 Å². The summed E-state index contributed by atoms with van der Waals surface area (Å²) in [4.78, 5) is 4.61. The summed E-state index contributed by atoms with van der Waals surface area (Å²) in [6.07, 6.45) is 10.7. The molecule has 0 unspecified atom stereocenters. The maximum absolute atomic E-state index is 6.11. The van der Waals surface area contributed by atoms with E-state index in [-0.39, 0.29) is 12.4 Å². The molecule has 0 amide bonds. The first-order valence-corrected chi connectivity index (χ1v) is 10.6. The van der Waals surface area contributed by atoms with E-state index in [2.05, 4.69) is 27.1 Å². The van der Waals surface area contributed by atoms with Crippen LogP contribution in [0.2, 0.25) is 0 Å². The first-order chi connectivity index (χ1) is 14.2. The molecule has 0 radical (unpaired) electrons. The van der Waals surface area contributed by atoms with Gasteiger partial charge in [0.1, 0.15) is 17.1 Å². The Kier molecular flexibility index (Phi) is 4.10. The molecule has 1 saturated heterocycles. The summed E-state index contributed by atoms with van der Waals surface area (Å²) in [7, 11) is 0. The van der Waals surface area contributed by atoms with Crippen LogP contribution in [0.1, 0.15) is 44.1 Å². The van der Waals surface area contributed by atoms with Gasteiger partial charge < -0.3 is 14.2 Å². The Morgan fingerprint density at radius 2 is 2.00 bits per heavy atom. The summed E-state index contributed by atoms with van der Waals surface area (Å²) in [5, 5.41) is 8.57. The third-order valence-electron chi connectivity index (χ3n) is 5.89. The van der Waals surface area contributed by atoms with E-state index in [9.17, 15) is 0 Å². The topological polar surface area (TPSA) is 71.3 Å². The number of nitrogens with zero attached hydrogens (tertiary/aromatic N) is 4. The Balaban J connectivity index is 1.19. The van der Waals surface area contributed by atoms with Gasteiger partial charge in [-0.1, -0.05) is 17.1 Å². The lowest BCUT2D eigenvalue weighted by molar-refractivity contribution is -0.213. The van der Waals surface area contributed by atoms with Crippen molar-refractivity contribution < 1.29 is 14.2 Å². The van der Waals surface area contributed by atoms with Crippen LogP contribution in [0.4, 0.5) is 0 Å². The van der Waals surface area contributed by atoms with E-state index in [1.165, 1.54) is 25.7 Å². The van der Waals surface area contributed by atoms with Crippen molar-refractivity contribution in [3.8, 4) is 29.0 Å². The van der Waals surface area contributed by atoms with Crippen molar-refractivity contribution in [2.75, 3.05) is 13.2 Å². The highest BCUT2D eigenvalue weighted by Crippen LogP contribution is 2.48. The Hall–Kier alpha value is -2.43. The summed E-state index contributed by atoms with van der Waals surface area (Å²) >= 11 is 0. The molecule has 0 aromatic carbocycles. The van der Waals surface area contributed by atoms with Gasteiger partial charge in [-0.3, -0.25) is 0 Å². The van der Waals surface area contributed by atoms with Gasteiger partial charge in [-0.05, 0) is 44.6 Å². The molecular formula is C22H24N4O3. The molecule has 2 aromatic heterocycles. The molecule has 7 heteroatoms. The largest absolute Gasteiger partial charge is 0.488 e. The van der Waals surface area contributed by atoms with E-state index in [0.717, 1.165) is 37.4 Å². The molecule has 0 atom stereocenters. The molecular weight excluding hydrogens is 368 g/mol. The zero-order valence-electron chi connectivity index (χ0n) is 16.3. The first kappa shape index (κ1) is 17.4. The second-order valence-corrected chi connectivity index (χ2v) is 8.81. The predicted molar refractivity (Wildman–Crippen MR) is 104 cm³/mol. The molecule has 29 heavy (non-hydrogen) atoms. The molecule has 1 spiro atoms. The van der Waals surface area contributed by atoms with E-state index in [1.807, 2.05) is 12.3 Å². The highest BCUT2D eigenvalue weighted by atomic mass is 16.7. The minimum atomic E-state index is -0.272. The van der Waals surface area contributed by atoms with Crippen LogP contribution in [-0.4, -0.2) is 45.6 Å². The van der Waals surface area contributed by atoms with Gasteiger partial charge in [0.25, 0.3) is 0 Å². The third-order valence-corrected chi connectivity index (χ3v) is 5.89. The second-order valence-electron chi connectivity index (χ2n) is 8.81. The summed E-state index contributed by atoms with van der Waals surface area (Å²) in [6, 6.07) is 1.98. The third kappa shape index (κ3) is 4.00. The van der Waals surface area contributed by atoms with Gasteiger partial charge >= 0.3 is 0 Å². The normalized spacial score (nSPS) is 22.9. The fourth-order valence-electron chi connectivity index (χ4n) is 3.42. The van der Waals surface area contributed by atoms with Gasteiger partial charge in [0.2, 0.25) is 0 Å². The Bertz CT molecular complexity index is 969. The number of hydrogen-bond acceptors (Lipinski definition) is 6. The van der Waals surface area contributed by atoms with Gasteiger partial charge in [0.15, 0.2) is 6.29 Å². The summed E-state index contributed by atoms with van der Waals surface area (Å²) in [5.74, 6) is 7.80.